The number of hydrogen-bond donors (Lipinski definition) is 4. The van der Waals surface area contributed by atoms with Gasteiger partial charge in [0.15, 0.2) is 0 Å². The Kier molecular flexibility index (Phi) is 7.82. The molecule has 25 heavy (non-hydrogen) atoms. The molecule has 5 unspecified atom stereocenters. The van der Waals surface area contributed by atoms with Crippen LogP contribution in [0.1, 0.15) is 6.42 Å². The van der Waals surface area contributed by atoms with Gasteiger partial charge in [-0.25, -0.2) is 18.5 Å². The van der Waals surface area contributed by atoms with Crippen LogP contribution < -0.4 is 0 Å². The third-order valence-corrected chi connectivity index (χ3v) is 6.42. The van der Waals surface area contributed by atoms with Crippen LogP contribution in [0.15, 0.2) is 0 Å². The fraction of sp³-hybridized carbons (Fsp3) is 0.857. The van der Waals surface area contributed by atoms with Crippen LogP contribution >= 0.6 is 23.5 Å². The van der Waals surface area contributed by atoms with Crippen molar-refractivity contribution in [2.45, 2.75) is 24.6 Å². The van der Waals surface area contributed by atoms with Gasteiger partial charge in [-0.1, -0.05) is 0 Å². The van der Waals surface area contributed by atoms with E-state index in [9.17, 15) is 23.4 Å². The molecule has 18 heteroatoms. The molecule has 1 aliphatic rings. The van der Waals surface area contributed by atoms with Gasteiger partial charge in [0, 0.05) is 12.4 Å². The Morgan fingerprint density at radius 1 is 1.16 bits per heavy atom. The van der Waals surface area contributed by atoms with Crippen molar-refractivity contribution in [2.24, 2.45) is 0 Å². The summed E-state index contributed by atoms with van der Waals surface area (Å²) in [5, 5.41) is 0. The minimum Gasteiger partial charge on any atom is -0.438 e. The van der Waals surface area contributed by atoms with Crippen molar-refractivity contribution in [3.63, 3.8) is 0 Å². The zero-order valence-corrected chi connectivity index (χ0v) is 15.5. The van der Waals surface area contributed by atoms with Crippen LogP contribution in [-0.2, 0) is 41.1 Å². The Labute approximate surface area is 142 Å². The molecule has 1 saturated heterocycles. The molecular formula is C7H16BO14P3. The molecule has 14 nitrogen and oxygen atoms in total. The summed E-state index contributed by atoms with van der Waals surface area (Å²) in [7, 11) is -13.6. The van der Waals surface area contributed by atoms with Gasteiger partial charge in [0.05, 0.1) is 13.7 Å². The molecule has 0 aromatic rings. The lowest BCUT2D eigenvalue weighted by atomic mass is 9.96. The topological polar surface area (TPSA) is 205 Å². The average Bonchev–Trinajstić information content (AvgIpc) is 2.72. The zero-order chi connectivity index (χ0) is 19.5. The summed E-state index contributed by atoms with van der Waals surface area (Å²) in [5.41, 5.74) is 0. The Morgan fingerprint density at radius 3 is 2.28 bits per heavy atom. The minimum absolute atomic E-state index is 0.222. The van der Waals surface area contributed by atoms with E-state index in [1.807, 2.05) is 0 Å². The highest BCUT2D eigenvalue weighted by molar-refractivity contribution is 7.66. The molecule has 146 valence electrons. The summed E-state index contributed by atoms with van der Waals surface area (Å²) in [6, 6.07) is -0.399. The quantitative estimate of drug-likeness (QED) is 0.213. The highest BCUT2D eigenvalue weighted by atomic mass is 31.3. The molecule has 0 aromatic carbocycles. The normalized spacial score (nSPS) is 28.8. The molecule has 0 amide bonds. The summed E-state index contributed by atoms with van der Waals surface area (Å²) in [4.78, 5) is 46.3. The maximum atomic E-state index is 11.6. The Bertz CT molecular complexity index is 618. The first-order valence-electron chi connectivity index (χ1n) is 6.41. The van der Waals surface area contributed by atoms with E-state index in [-0.39, 0.29) is 6.42 Å². The van der Waals surface area contributed by atoms with Gasteiger partial charge in [0.2, 0.25) is 0 Å². The first-order valence-corrected chi connectivity index (χ1v) is 10.9. The molecule has 5 atom stereocenters. The van der Waals surface area contributed by atoms with E-state index in [4.69, 9.17) is 24.2 Å². The van der Waals surface area contributed by atoms with Crippen molar-refractivity contribution < 1.29 is 65.4 Å². The van der Waals surface area contributed by atoms with Crippen molar-refractivity contribution in [1.82, 2.24) is 0 Å². The third-order valence-electron chi connectivity index (χ3n) is 2.62. The van der Waals surface area contributed by atoms with Gasteiger partial charge in [-0.15, -0.1) is 0 Å². The van der Waals surface area contributed by atoms with Crippen LogP contribution in [0, 0.1) is 0 Å². The monoisotopic (exact) mass is 428 g/mol. The van der Waals surface area contributed by atoms with E-state index >= 15 is 0 Å². The van der Waals surface area contributed by atoms with Gasteiger partial charge >= 0.3 is 29.6 Å². The summed E-state index contributed by atoms with van der Waals surface area (Å²) in [6.07, 6.45) is -2.72. The van der Waals surface area contributed by atoms with Crippen molar-refractivity contribution in [3.8, 4) is 0 Å². The van der Waals surface area contributed by atoms with E-state index in [1.165, 1.54) is 0 Å². The minimum atomic E-state index is -5.60. The first-order chi connectivity index (χ1) is 11.2. The zero-order valence-electron chi connectivity index (χ0n) is 12.9. The average molecular weight is 428 g/mol. The molecule has 1 aliphatic heterocycles. The lowest BCUT2D eigenvalue weighted by Crippen LogP contribution is -2.31. The number of phosphoric ester groups is 1. The molecule has 1 rings (SSSR count). The molecule has 0 aliphatic carbocycles. The second-order valence-corrected chi connectivity index (χ2v) is 9.14. The number of carbonyl (C=O) groups excluding carboxylic acids is 1. The predicted molar refractivity (Wildman–Crippen MR) is 78.9 cm³/mol. The maximum absolute atomic E-state index is 11.6. The molecular weight excluding hydrogens is 412 g/mol. The lowest BCUT2D eigenvalue weighted by Gasteiger charge is -2.20. The summed E-state index contributed by atoms with van der Waals surface area (Å²) >= 11 is 0. The van der Waals surface area contributed by atoms with Crippen molar-refractivity contribution in [3.05, 3.63) is 0 Å². The largest absolute Gasteiger partial charge is 0.508 e. The van der Waals surface area contributed by atoms with Gasteiger partial charge in [-0.2, -0.15) is 8.62 Å². The highest BCUT2D eigenvalue weighted by Crippen LogP contribution is 2.66. The number of rotatable bonds is 8. The Balaban J connectivity index is 2.64. The second-order valence-electron chi connectivity index (χ2n) is 4.72. The van der Waals surface area contributed by atoms with Crippen LogP contribution in [-0.4, -0.2) is 65.5 Å². The number of hydrogen-bond acceptors (Lipinski definition) is 10. The molecule has 0 radical (unpaired) electrons. The van der Waals surface area contributed by atoms with E-state index in [0.29, 0.717) is 0 Å². The predicted octanol–water partition coefficient (Wildman–Crippen LogP) is -0.771. The molecule has 1 fully saturated rings. The van der Waals surface area contributed by atoms with Crippen LogP contribution in [0.5, 0.6) is 0 Å². The number of methoxy groups -OCH3 is 1. The highest BCUT2D eigenvalue weighted by Gasteiger charge is 2.43. The van der Waals surface area contributed by atoms with Crippen molar-refractivity contribution in [1.29, 1.82) is 0 Å². The molecule has 4 N–H and O–H groups in total. The first kappa shape index (κ1) is 22.7. The molecule has 0 bridgehead atoms. The standard InChI is InChI=1S/C7H16BO14P3/c1-17-7(9)20-4-2-6(8)19-5(4)3-18-24(13,14)22-25(15,16)21-23(10,11)12/h4-6H,2-3,8H2,1H3,(H,13,14)(H,15,16)(H2,10,11,12). The number of carbonyl (C=O) groups is 1. The van der Waals surface area contributed by atoms with Crippen LogP contribution in [0.3, 0.4) is 0 Å². The van der Waals surface area contributed by atoms with Crippen LogP contribution in [0.25, 0.3) is 0 Å². The maximum Gasteiger partial charge on any atom is 0.508 e. The molecule has 1 heterocycles. The van der Waals surface area contributed by atoms with E-state index < -0.39 is 54.4 Å². The third kappa shape index (κ3) is 8.76. The van der Waals surface area contributed by atoms with E-state index in [1.54, 1.807) is 7.85 Å². The van der Waals surface area contributed by atoms with Gasteiger partial charge < -0.3 is 33.8 Å². The number of ether oxygens (including phenoxy) is 3. The summed E-state index contributed by atoms with van der Waals surface area (Å²) in [6.45, 7) is -0.713. The van der Waals surface area contributed by atoms with Crippen LogP contribution in [0.2, 0.25) is 0 Å². The van der Waals surface area contributed by atoms with Gasteiger partial charge in [0.1, 0.15) is 20.1 Å². The second kappa shape index (κ2) is 8.60. The van der Waals surface area contributed by atoms with Crippen molar-refractivity contribution >= 4 is 37.5 Å². The number of phosphoric acid groups is 3. The fourth-order valence-electron chi connectivity index (χ4n) is 1.83. The fourth-order valence-corrected chi connectivity index (χ4v) is 4.86. The molecule has 0 spiro atoms. The SMILES string of the molecule is BC1CC(OC(=O)OC)C(COP(=O)(O)OP(=O)(O)OP(=O)(O)O)O1. The smallest absolute Gasteiger partial charge is 0.438 e. The summed E-state index contributed by atoms with van der Waals surface area (Å²) in [5.74, 6) is 0. The molecule has 0 aromatic heterocycles. The summed E-state index contributed by atoms with van der Waals surface area (Å²) < 4.78 is 59.3. The van der Waals surface area contributed by atoms with Gasteiger partial charge in [-0.3, -0.25) is 4.52 Å². The van der Waals surface area contributed by atoms with Crippen molar-refractivity contribution in [2.75, 3.05) is 13.7 Å². The molecule has 0 saturated carbocycles. The Morgan fingerprint density at radius 2 is 1.76 bits per heavy atom. The van der Waals surface area contributed by atoms with Crippen LogP contribution in [0.4, 0.5) is 4.79 Å². The Hall–Kier alpha value is -0.295. The van der Waals surface area contributed by atoms with Gasteiger partial charge in [-0.05, 0) is 0 Å². The lowest BCUT2D eigenvalue weighted by molar-refractivity contribution is -0.0277. The van der Waals surface area contributed by atoms with E-state index in [0.717, 1.165) is 7.11 Å². The van der Waals surface area contributed by atoms with Gasteiger partial charge in [0.25, 0.3) is 0 Å². The van der Waals surface area contributed by atoms with E-state index in [2.05, 4.69) is 17.9 Å².